The Bertz CT molecular complexity index is 977. The Labute approximate surface area is 179 Å². The molecule has 1 aliphatic rings. The molecule has 1 heterocycles. The van der Waals surface area contributed by atoms with Gasteiger partial charge in [0.15, 0.2) is 0 Å². The van der Waals surface area contributed by atoms with Crippen LogP contribution in [-0.4, -0.2) is 31.1 Å². The fourth-order valence-corrected chi connectivity index (χ4v) is 4.59. The van der Waals surface area contributed by atoms with Crippen LogP contribution in [-0.2, 0) is 27.2 Å². The number of methoxy groups -OCH3 is 1. The van der Waals surface area contributed by atoms with Gasteiger partial charge in [-0.1, -0.05) is 38.1 Å². The van der Waals surface area contributed by atoms with Crippen LogP contribution in [0.4, 0.5) is 5.00 Å². The molecule has 0 radical (unpaired) electrons. The molecule has 2 aromatic rings. The highest BCUT2D eigenvalue weighted by Gasteiger charge is 2.28. The van der Waals surface area contributed by atoms with Gasteiger partial charge in [-0.25, -0.2) is 10.2 Å². The average Bonchev–Trinajstić information content (AvgIpc) is 3.11. The molecule has 2 amide bonds. The number of carbonyl (C=O) groups excluding carboxylic acids is 3. The number of hydrogen-bond acceptors (Lipinski definition) is 6. The molecule has 30 heavy (non-hydrogen) atoms. The van der Waals surface area contributed by atoms with Gasteiger partial charge in [0.2, 0.25) is 0 Å². The van der Waals surface area contributed by atoms with Crippen molar-refractivity contribution in [2.45, 2.75) is 45.4 Å². The lowest BCUT2D eigenvalue weighted by atomic mass is 9.95. The summed E-state index contributed by atoms with van der Waals surface area (Å²) >= 11 is 1.32. The lowest BCUT2D eigenvalue weighted by Gasteiger charge is -2.11. The summed E-state index contributed by atoms with van der Waals surface area (Å²) in [5, 5.41) is 6.74. The van der Waals surface area contributed by atoms with Crippen molar-refractivity contribution in [2.75, 3.05) is 12.4 Å². The number of hydrogen-bond donors (Lipinski definition) is 2. The van der Waals surface area contributed by atoms with Crippen molar-refractivity contribution in [3.05, 3.63) is 51.4 Å². The normalized spacial score (nSPS) is 13.2. The van der Waals surface area contributed by atoms with Crippen LogP contribution in [0.2, 0.25) is 0 Å². The summed E-state index contributed by atoms with van der Waals surface area (Å²) in [5.41, 5.74) is 5.50. The standard InChI is InChI=1S/C22H25N3O4S/c1-13(2)15-10-8-14(9-11-15)12-23-25-20(27)19(26)24-21-18(22(28)29-3)16-6-4-5-7-17(16)30-21/h8-13H,4-7H2,1-3H3,(H,24,26)(H,25,27). The number of esters is 1. The molecule has 1 aromatic carbocycles. The zero-order chi connectivity index (χ0) is 21.7. The molecular weight excluding hydrogens is 402 g/mol. The van der Waals surface area contributed by atoms with Gasteiger partial charge in [0, 0.05) is 4.88 Å². The molecule has 0 saturated carbocycles. The van der Waals surface area contributed by atoms with E-state index < -0.39 is 17.8 Å². The van der Waals surface area contributed by atoms with Gasteiger partial charge in [0.1, 0.15) is 5.00 Å². The maximum absolute atomic E-state index is 12.3. The van der Waals surface area contributed by atoms with E-state index in [0.717, 1.165) is 41.7 Å². The maximum Gasteiger partial charge on any atom is 0.341 e. The van der Waals surface area contributed by atoms with Crippen LogP contribution in [0.3, 0.4) is 0 Å². The van der Waals surface area contributed by atoms with Gasteiger partial charge >= 0.3 is 17.8 Å². The first-order valence-electron chi connectivity index (χ1n) is 9.88. The van der Waals surface area contributed by atoms with Gasteiger partial charge in [-0.15, -0.1) is 11.3 Å². The Morgan fingerprint density at radius 1 is 1.10 bits per heavy atom. The number of ether oxygens (including phenoxy) is 1. The largest absolute Gasteiger partial charge is 0.465 e. The SMILES string of the molecule is COC(=O)c1c(NC(=O)C(=O)NN=Cc2ccc(C(C)C)cc2)sc2c1CCCC2. The second-order valence-corrected chi connectivity index (χ2v) is 8.49. The summed E-state index contributed by atoms with van der Waals surface area (Å²) in [7, 11) is 1.30. The van der Waals surface area contributed by atoms with E-state index in [1.54, 1.807) is 0 Å². The molecular formula is C22H25N3O4S. The average molecular weight is 428 g/mol. The van der Waals surface area contributed by atoms with Gasteiger partial charge < -0.3 is 10.1 Å². The number of hydrazone groups is 1. The topological polar surface area (TPSA) is 96.9 Å². The van der Waals surface area contributed by atoms with Crippen molar-refractivity contribution in [1.29, 1.82) is 0 Å². The molecule has 8 heteroatoms. The molecule has 1 aromatic heterocycles. The molecule has 0 saturated heterocycles. The monoisotopic (exact) mass is 427 g/mol. The van der Waals surface area contributed by atoms with Crippen LogP contribution < -0.4 is 10.7 Å². The number of amides is 2. The van der Waals surface area contributed by atoms with Crippen LogP contribution >= 0.6 is 11.3 Å². The predicted molar refractivity (Wildman–Crippen MR) is 117 cm³/mol. The minimum absolute atomic E-state index is 0.349. The number of fused-ring (bicyclic) bond motifs is 1. The van der Waals surface area contributed by atoms with E-state index in [2.05, 4.69) is 29.7 Å². The zero-order valence-corrected chi connectivity index (χ0v) is 18.1. The van der Waals surface area contributed by atoms with E-state index in [1.165, 1.54) is 30.2 Å². The summed E-state index contributed by atoms with van der Waals surface area (Å²) in [6.45, 7) is 4.22. The van der Waals surface area contributed by atoms with Crippen molar-refractivity contribution in [3.63, 3.8) is 0 Å². The van der Waals surface area contributed by atoms with Crippen molar-refractivity contribution in [1.82, 2.24) is 5.43 Å². The first-order valence-corrected chi connectivity index (χ1v) is 10.7. The Balaban J connectivity index is 1.65. The van der Waals surface area contributed by atoms with Crippen LogP contribution in [0.25, 0.3) is 0 Å². The lowest BCUT2D eigenvalue weighted by molar-refractivity contribution is -0.136. The molecule has 158 valence electrons. The zero-order valence-electron chi connectivity index (χ0n) is 17.3. The molecule has 0 spiro atoms. The third-order valence-corrected chi connectivity index (χ3v) is 6.18. The Kier molecular flexibility index (Phi) is 6.99. The van der Waals surface area contributed by atoms with Crippen molar-refractivity contribution >= 4 is 40.3 Å². The van der Waals surface area contributed by atoms with E-state index in [0.29, 0.717) is 16.5 Å². The van der Waals surface area contributed by atoms with E-state index in [-0.39, 0.29) is 0 Å². The number of benzene rings is 1. The Morgan fingerprint density at radius 3 is 2.47 bits per heavy atom. The quantitative estimate of drug-likeness (QED) is 0.330. The summed E-state index contributed by atoms with van der Waals surface area (Å²) < 4.78 is 4.87. The van der Waals surface area contributed by atoms with Crippen molar-refractivity contribution in [2.24, 2.45) is 5.10 Å². The van der Waals surface area contributed by atoms with Crippen LogP contribution in [0, 0.1) is 0 Å². The highest BCUT2D eigenvalue weighted by atomic mass is 32.1. The molecule has 7 nitrogen and oxygen atoms in total. The molecule has 0 aliphatic heterocycles. The van der Waals surface area contributed by atoms with E-state index >= 15 is 0 Å². The first kappa shape index (κ1) is 21.7. The summed E-state index contributed by atoms with van der Waals surface area (Å²) in [4.78, 5) is 37.7. The van der Waals surface area contributed by atoms with Gasteiger partial charge in [-0.2, -0.15) is 5.10 Å². The van der Waals surface area contributed by atoms with Gasteiger partial charge in [-0.05, 0) is 48.3 Å². The predicted octanol–water partition coefficient (Wildman–Crippen LogP) is 3.63. The van der Waals surface area contributed by atoms with Crippen molar-refractivity contribution in [3.8, 4) is 0 Å². The molecule has 0 unspecified atom stereocenters. The van der Waals surface area contributed by atoms with Crippen LogP contribution in [0.15, 0.2) is 29.4 Å². The van der Waals surface area contributed by atoms with Gasteiger partial charge in [0.05, 0.1) is 18.9 Å². The molecule has 0 fully saturated rings. The fourth-order valence-electron chi connectivity index (χ4n) is 3.32. The summed E-state index contributed by atoms with van der Waals surface area (Å²) in [5.74, 6) is -1.87. The minimum atomic E-state index is -0.910. The summed E-state index contributed by atoms with van der Waals surface area (Å²) in [6.07, 6.45) is 5.10. The van der Waals surface area contributed by atoms with Crippen LogP contribution in [0.5, 0.6) is 0 Å². The Morgan fingerprint density at radius 2 is 1.80 bits per heavy atom. The third kappa shape index (κ3) is 4.94. The molecule has 0 bridgehead atoms. The lowest BCUT2D eigenvalue weighted by Crippen LogP contribution is -2.32. The number of nitrogens with one attached hydrogen (secondary N) is 2. The maximum atomic E-state index is 12.3. The van der Waals surface area contributed by atoms with Crippen LogP contribution in [0.1, 0.15) is 64.5 Å². The van der Waals surface area contributed by atoms with E-state index in [4.69, 9.17) is 4.74 Å². The second-order valence-electron chi connectivity index (χ2n) is 7.38. The Hall–Kier alpha value is -3.00. The molecule has 3 rings (SSSR count). The highest BCUT2D eigenvalue weighted by Crippen LogP contribution is 2.38. The minimum Gasteiger partial charge on any atom is -0.465 e. The third-order valence-electron chi connectivity index (χ3n) is 4.98. The number of nitrogens with zero attached hydrogens (tertiary/aromatic N) is 1. The van der Waals surface area contributed by atoms with Gasteiger partial charge in [-0.3, -0.25) is 9.59 Å². The smallest absolute Gasteiger partial charge is 0.341 e. The number of thiophene rings is 1. The molecule has 2 N–H and O–H groups in total. The fraction of sp³-hybridized carbons (Fsp3) is 0.364. The summed E-state index contributed by atoms with van der Waals surface area (Å²) in [6, 6.07) is 7.77. The molecule has 0 atom stereocenters. The van der Waals surface area contributed by atoms with E-state index in [1.807, 2.05) is 24.3 Å². The van der Waals surface area contributed by atoms with Crippen molar-refractivity contribution < 1.29 is 19.1 Å². The highest BCUT2D eigenvalue weighted by molar-refractivity contribution is 7.17. The van der Waals surface area contributed by atoms with Gasteiger partial charge in [0.25, 0.3) is 0 Å². The second kappa shape index (κ2) is 9.67. The molecule has 1 aliphatic carbocycles. The number of rotatable bonds is 5. The number of aryl methyl sites for hydroxylation is 1. The first-order chi connectivity index (χ1) is 14.4. The number of anilines is 1. The van der Waals surface area contributed by atoms with E-state index in [9.17, 15) is 14.4 Å². The number of carbonyl (C=O) groups is 3.